The Morgan fingerprint density at radius 1 is 1.14 bits per heavy atom. The van der Waals surface area contributed by atoms with E-state index >= 15 is 0 Å². The van der Waals surface area contributed by atoms with Gasteiger partial charge in [-0.25, -0.2) is 13.1 Å². The number of rotatable bonds is 6. The van der Waals surface area contributed by atoms with Gasteiger partial charge in [-0.2, -0.15) is 0 Å². The van der Waals surface area contributed by atoms with Crippen LogP contribution in [-0.2, 0) is 10.0 Å². The van der Waals surface area contributed by atoms with Gasteiger partial charge in [-0.05, 0) is 48.2 Å². The van der Waals surface area contributed by atoms with E-state index in [4.69, 9.17) is 0 Å². The molecule has 0 fully saturated rings. The lowest BCUT2D eigenvalue weighted by molar-refractivity contribution is 0.182. The highest BCUT2D eigenvalue weighted by molar-refractivity contribution is 9.10. The summed E-state index contributed by atoms with van der Waals surface area (Å²) in [4.78, 5) is 1.26. The lowest BCUT2D eigenvalue weighted by Crippen LogP contribution is -2.28. The molecular weight excluding hydrogens is 386 g/mol. The summed E-state index contributed by atoms with van der Waals surface area (Å²) >= 11 is 4.87. The highest BCUT2D eigenvalue weighted by Gasteiger charge is 2.16. The molecule has 0 saturated heterocycles. The van der Waals surface area contributed by atoms with Gasteiger partial charge in [-0.1, -0.05) is 28.1 Å². The minimum Gasteiger partial charge on any atom is -0.387 e. The summed E-state index contributed by atoms with van der Waals surface area (Å²) in [5.41, 5.74) is 0.677. The highest BCUT2D eigenvalue weighted by atomic mass is 79.9. The van der Waals surface area contributed by atoms with Crippen molar-refractivity contribution in [2.45, 2.75) is 15.9 Å². The third-order valence-electron chi connectivity index (χ3n) is 3.09. The molecule has 0 saturated carbocycles. The molecule has 0 aromatic heterocycles. The molecule has 7 heteroatoms. The van der Waals surface area contributed by atoms with Gasteiger partial charge in [-0.3, -0.25) is 0 Å². The molecule has 1 unspecified atom stereocenters. The zero-order valence-electron chi connectivity index (χ0n) is 11.9. The first kappa shape index (κ1) is 17.5. The third-order valence-corrected chi connectivity index (χ3v) is 5.80. The average molecular weight is 402 g/mol. The van der Waals surface area contributed by atoms with Gasteiger partial charge >= 0.3 is 0 Å². The summed E-state index contributed by atoms with van der Waals surface area (Å²) in [5.74, 6) is 0. The number of nitrogens with one attached hydrogen (secondary N) is 1. The predicted octanol–water partition coefficient (Wildman–Crippen LogP) is 3.18. The van der Waals surface area contributed by atoms with E-state index in [2.05, 4.69) is 20.7 Å². The number of halogens is 1. The van der Waals surface area contributed by atoms with Crippen molar-refractivity contribution in [1.29, 1.82) is 0 Å². The zero-order valence-corrected chi connectivity index (χ0v) is 15.1. The maximum absolute atomic E-state index is 12.1. The van der Waals surface area contributed by atoms with Crippen LogP contribution in [0.4, 0.5) is 0 Å². The molecule has 22 heavy (non-hydrogen) atoms. The Morgan fingerprint density at radius 3 is 2.27 bits per heavy atom. The van der Waals surface area contributed by atoms with Crippen LogP contribution in [0, 0.1) is 0 Å². The monoisotopic (exact) mass is 401 g/mol. The highest BCUT2D eigenvalue weighted by Crippen LogP contribution is 2.19. The molecule has 4 nitrogen and oxygen atoms in total. The lowest BCUT2D eigenvalue weighted by Gasteiger charge is -2.13. The Bertz CT molecular complexity index is 715. The van der Waals surface area contributed by atoms with Crippen LogP contribution in [0.1, 0.15) is 11.7 Å². The van der Waals surface area contributed by atoms with E-state index in [0.29, 0.717) is 5.56 Å². The first-order valence-electron chi connectivity index (χ1n) is 6.49. The Labute approximate surface area is 143 Å². The molecule has 0 aliphatic heterocycles. The van der Waals surface area contributed by atoms with Crippen molar-refractivity contribution in [2.75, 3.05) is 12.8 Å². The van der Waals surface area contributed by atoms with Gasteiger partial charge in [0.05, 0.1) is 11.0 Å². The Morgan fingerprint density at radius 2 is 1.73 bits per heavy atom. The average Bonchev–Trinajstić information content (AvgIpc) is 2.53. The quantitative estimate of drug-likeness (QED) is 0.729. The number of benzene rings is 2. The first-order chi connectivity index (χ1) is 10.4. The van der Waals surface area contributed by atoms with Gasteiger partial charge in [0.2, 0.25) is 10.0 Å². The van der Waals surface area contributed by atoms with Crippen molar-refractivity contribution in [3.05, 3.63) is 58.6 Å². The van der Waals surface area contributed by atoms with E-state index in [1.54, 1.807) is 36.0 Å². The number of hydrogen-bond donors (Lipinski definition) is 2. The molecule has 2 rings (SSSR count). The maximum Gasteiger partial charge on any atom is 0.240 e. The van der Waals surface area contributed by atoms with Crippen molar-refractivity contribution in [1.82, 2.24) is 4.72 Å². The van der Waals surface area contributed by atoms with Crippen LogP contribution in [0.5, 0.6) is 0 Å². The fourth-order valence-electron chi connectivity index (χ4n) is 1.83. The van der Waals surface area contributed by atoms with Gasteiger partial charge < -0.3 is 5.11 Å². The number of hydrogen-bond acceptors (Lipinski definition) is 4. The Hall–Kier alpha value is -0.860. The second-order valence-electron chi connectivity index (χ2n) is 4.59. The number of sulfonamides is 1. The van der Waals surface area contributed by atoms with E-state index in [0.717, 1.165) is 9.37 Å². The standard InChI is InChI=1S/C15H16BrNO3S2/c1-21-13-6-2-11(3-7-13)15(18)10-17-22(19,20)14-8-4-12(16)5-9-14/h2-9,15,17-18H,10H2,1H3. The summed E-state index contributed by atoms with van der Waals surface area (Å²) < 4.78 is 27.5. The van der Waals surface area contributed by atoms with Crippen LogP contribution in [0.25, 0.3) is 0 Å². The van der Waals surface area contributed by atoms with Gasteiger partial charge in [-0.15, -0.1) is 11.8 Å². The van der Waals surface area contributed by atoms with E-state index in [-0.39, 0.29) is 11.4 Å². The Kier molecular flexibility index (Phi) is 6.05. The van der Waals surface area contributed by atoms with E-state index in [1.165, 1.54) is 12.1 Å². The normalized spacial score (nSPS) is 13.0. The molecule has 2 aromatic rings. The molecule has 0 radical (unpaired) electrons. The van der Waals surface area contributed by atoms with Crippen LogP contribution in [-0.4, -0.2) is 26.3 Å². The summed E-state index contributed by atoms with van der Waals surface area (Å²) in [7, 11) is -3.63. The maximum atomic E-state index is 12.1. The molecule has 0 bridgehead atoms. The predicted molar refractivity (Wildman–Crippen MR) is 92.5 cm³/mol. The second-order valence-corrected chi connectivity index (χ2v) is 8.16. The smallest absolute Gasteiger partial charge is 0.240 e. The van der Waals surface area contributed by atoms with Crippen LogP contribution < -0.4 is 4.72 Å². The van der Waals surface area contributed by atoms with Crippen LogP contribution >= 0.6 is 27.7 Å². The summed E-state index contributed by atoms with van der Waals surface area (Å²) in [6.45, 7) is -0.0724. The molecular formula is C15H16BrNO3S2. The number of thioether (sulfide) groups is 1. The molecule has 0 aliphatic rings. The third kappa shape index (κ3) is 4.57. The molecule has 0 aliphatic carbocycles. The molecule has 0 heterocycles. The number of aliphatic hydroxyl groups excluding tert-OH is 1. The molecule has 2 N–H and O–H groups in total. The SMILES string of the molecule is CSc1ccc(C(O)CNS(=O)(=O)c2ccc(Br)cc2)cc1. The lowest BCUT2D eigenvalue weighted by atomic mass is 10.1. The zero-order chi connectivity index (χ0) is 16.2. The topological polar surface area (TPSA) is 66.4 Å². The van der Waals surface area contributed by atoms with Crippen molar-refractivity contribution in [3.8, 4) is 0 Å². The fraction of sp³-hybridized carbons (Fsp3) is 0.200. The molecule has 2 aromatic carbocycles. The number of aliphatic hydroxyl groups is 1. The van der Waals surface area contributed by atoms with Crippen LogP contribution in [0.2, 0.25) is 0 Å². The van der Waals surface area contributed by atoms with Crippen molar-refractivity contribution in [2.24, 2.45) is 0 Å². The van der Waals surface area contributed by atoms with Crippen LogP contribution in [0.3, 0.4) is 0 Å². The van der Waals surface area contributed by atoms with Crippen molar-refractivity contribution >= 4 is 37.7 Å². The van der Waals surface area contributed by atoms with Gasteiger partial charge in [0.1, 0.15) is 0 Å². The van der Waals surface area contributed by atoms with E-state index in [1.807, 2.05) is 18.4 Å². The minimum absolute atomic E-state index is 0.0724. The Balaban J connectivity index is 2.02. The summed E-state index contributed by atoms with van der Waals surface area (Å²) in [6, 6.07) is 13.7. The summed E-state index contributed by atoms with van der Waals surface area (Å²) in [6.07, 6.45) is 1.08. The van der Waals surface area contributed by atoms with Crippen molar-refractivity contribution in [3.63, 3.8) is 0 Å². The summed E-state index contributed by atoms with van der Waals surface area (Å²) in [5, 5.41) is 10.1. The van der Waals surface area contributed by atoms with Crippen molar-refractivity contribution < 1.29 is 13.5 Å². The fourth-order valence-corrected chi connectivity index (χ4v) is 3.54. The molecule has 0 spiro atoms. The van der Waals surface area contributed by atoms with E-state index < -0.39 is 16.1 Å². The van der Waals surface area contributed by atoms with Gasteiger partial charge in [0, 0.05) is 15.9 Å². The molecule has 0 amide bonds. The van der Waals surface area contributed by atoms with Gasteiger partial charge in [0.15, 0.2) is 0 Å². The van der Waals surface area contributed by atoms with Crippen LogP contribution in [0.15, 0.2) is 62.8 Å². The second kappa shape index (κ2) is 7.61. The molecule has 1 atom stereocenters. The largest absolute Gasteiger partial charge is 0.387 e. The first-order valence-corrected chi connectivity index (χ1v) is 10.00. The molecule has 118 valence electrons. The van der Waals surface area contributed by atoms with Gasteiger partial charge in [0.25, 0.3) is 0 Å². The van der Waals surface area contributed by atoms with E-state index in [9.17, 15) is 13.5 Å². The minimum atomic E-state index is -3.63.